The van der Waals surface area contributed by atoms with E-state index in [9.17, 15) is 4.79 Å². The number of aliphatic carboxylic acids is 1. The number of piperidine rings is 1. The molecule has 0 aromatic carbocycles. The predicted octanol–water partition coefficient (Wildman–Crippen LogP) is 3.27. The maximum Gasteiger partial charge on any atom is 0.328 e. The molecule has 0 amide bonds. The topological polar surface area (TPSA) is 127 Å². The van der Waals surface area contributed by atoms with Gasteiger partial charge in [-0.05, 0) is 38.3 Å². The molecule has 12 heteroatoms. The number of hydrogen-bond acceptors (Lipinski definition) is 10. The molecule has 4 rings (SSSR count). The molecule has 1 saturated heterocycles. The Kier molecular flexibility index (Phi) is 12.4. The van der Waals surface area contributed by atoms with Crippen LogP contribution in [0.15, 0.2) is 42.7 Å². The van der Waals surface area contributed by atoms with E-state index in [1.54, 1.807) is 6.08 Å². The summed E-state index contributed by atoms with van der Waals surface area (Å²) < 4.78 is 18.7. The van der Waals surface area contributed by atoms with Crippen LogP contribution in [0.25, 0.3) is 5.65 Å². The molecule has 1 aliphatic rings. The van der Waals surface area contributed by atoms with Crippen LogP contribution in [-0.2, 0) is 27.2 Å². The summed E-state index contributed by atoms with van der Waals surface area (Å²) in [5.41, 5.74) is 3.09. The van der Waals surface area contributed by atoms with Gasteiger partial charge in [0.05, 0.1) is 32.6 Å². The first kappa shape index (κ1) is 31.2. The predicted molar refractivity (Wildman–Crippen MR) is 161 cm³/mol. The first-order valence-electron chi connectivity index (χ1n) is 14.7. The van der Waals surface area contributed by atoms with Gasteiger partial charge in [-0.2, -0.15) is 9.61 Å². The fourth-order valence-corrected chi connectivity index (χ4v) is 4.62. The van der Waals surface area contributed by atoms with Crippen molar-refractivity contribution in [1.29, 1.82) is 0 Å². The second-order valence-electron chi connectivity index (χ2n) is 10.2. The van der Waals surface area contributed by atoms with Crippen molar-refractivity contribution in [2.45, 2.75) is 39.2 Å². The number of carbonyl (C=O) groups is 1. The van der Waals surface area contributed by atoms with Crippen LogP contribution in [0.2, 0.25) is 0 Å². The number of pyridine rings is 1. The van der Waals surface area contributed by atoms with Gasteiger partial charge in [0.2, 0.25) is 5.88 Å². The van der Waals surface area contributed by atoms with E-state index in [0.29, 0.717) is 58.5 Å². The Morgan fingerprint density at radius 2 is 1.88 bits per heavy atom. The van der Waals surface area contributed by atoms with Crippen molar-refractivity contribution >= 4 is 23.3 Å². The molecule has 0 aliphatic carbocycles. The van der Waals surface area contributed by atoms with Crippen molar-refractivity contribution in [2.75, 3.05) is 76.5 Å². The van der Waals surface area contributed by atoms with E-state index in [1.165, 1.54) is 19.3 Å². The summed E-state index contributed by atoms with van der Waals surface area (Å²) in [7, 11) is 1.91. The highest BCUT2D eigenvalue weighted by Gasteiger charge is 2.17. The second-order valence-corrected chi connectivity index (χ2v) is 10.2. The minimum absolute atomic E-state index is 0.399. The Labute approximate surface area is 247 Å². The van der Waals surface area contributed by atoms with Gasteiger partial charge < -0.3 is 34.4 Å². The Bertz CT molecular complexity index is 1280. The first-order chi connectivity index (χ1) is 20.5. The molecule has 42 heavy (non-hydrogen) atoms. The number of fused-ring (bicyclic) bond motifs is 1. The molecule has 12 nitrogen and oxygen atoms in total. The van der Waals surface area contributed by atoms with E-state index >= 15 is 0 Å². The van der Waals surface area contributed by atoms with E-state index in [4.69, 9.17) is 24.3 Å². The van der Waals surface area contributed by atoms with Gasteiger partial charge >= 0.3 is 5.97 Å². The third-order valence-electron chi connectivity index (χ3n) is 7.01. The minimum atomic E-state index is -0.939. The maximum atomic E-state index is 10.5. The zero-order chi connectivity index (χ0) is 29.6. The molecule has 2 N–H and O–H groups in total. The Hall–Kier alpha value is -3.74. The van der Waals surface area contributed by atoms with Gasteiger partial charge in [-0.1, -0.05) is 19.1 Å². The van der Waals surface area contributed by atoms with Crippen molar-refractivity contribution in [2.24, 2.45) is 0 Å². The number of aryl methyl sites for hydroxylation is 1. The van der Waals surface area contributed by atoms with Gasteiger partial charge in [-0.25, -0.2) is 14.8 Å². The van der Waals surface area contributed by atoms with Crippen LogP contribution in [0.5, 0.6) is 5.88 Å². The lowest BCUT2D eigenvalue weighted by molar-refractivity contribution is -0.131. The van der Waals surface area contributed by atoms with E-state index in [2.05, 4.69) is 33.3 Å². The molecular formula is C30H43N7O5. The van der Waals surface area contributed by atoms with Gasteiger partial charge in [-0.15, -0.1) is 0 Å². The summed E-state index contributed by atoms with van der Waals surface area (Å²) in [4.78, 5) is 24.2. The zero-order valence-corrected chi connectivity index (χ0v) is 24.7. The number of nitrogens with one attached hydrogen (secondary N) is 1. The molecule has 4 heterocycles. The Morgan fingerprint density at radius 3 is 2.62 bits per heavy atom. The van der Waals surface area contributed by atoms with Crippen molar-refractivity contribution < 1.29 is 24.1 Å². The molecule has 0 spiro atoms. The van der Waals surface area contributed by atoms with Gasteiger partial charge in [0.1, 0.15) is 18.2 Å². The normalized spacial score (nSPS) is 13.8. The summed E-state index contributed by atoms with van der Waals surface area (Å²) in [5.74, 6) is 1.54. The molecule has 228 valence electrons. The highest BCUT2D eigenvalue weighted by atomic mass is 16.5. The molecule has 1 aliphatic heterocycles. The van der Waals surface area contributed by atoms with E-state index in [0.717, 1.165) is 54.0 Å². The summed E-state index contributed by atoms with van der Waals surface area (Å²) in [5, 5.41) is 16.7. The quantitative estimate of drug-likeness (QED) is 0.170. The second kappa shape index (κ2) is 16.6. The molecule has 0 bridgehead atoms. The lowest BCUT2D eigenvalue weighted by atomic mass is 10.1. The van der Waals surface area contributed by atoms with Gasteiger partial charge in [0.15, 0.2) is 5.65 Å². The number of hydrogen-bond donors (Lipinski definition) is 2. The van der Waals surface area contributed by atoms with Crippen molar-refractivity contribution in [3.63, 3.8) is 0 Å². The fourth-order valence-electron chi connectivity index (χ4n) is 4.62. The molecule has 1 fully saturated rings. The number of nitrogens with zero attached hydrogens (tertiary/aromatic N) is 6. The number of aromatic nitrogens is 4. The summed E-state index contributed by atoms with van der Waals surface area (Å²) in [6, 6.07) is 5.97. The molecule has 0 saturated carbocycles. The van der Waals surface area contributed by atoms with Crippen LogP contribution in [0.3, 0.4) is 0 Å². The number of carboxylic acid groups (broad SMARTS) is 1. The van der Waals surface area contributed by atoms with Crippen molar-refractivity contribution in [3.8, 4) is 5.88 Å². The van der Waals surface area contributed by atoms with Crippen LogP contribution in [0.1, 0.15) is 37.3 Å². The molecular weight excluding hydrogens is 538 g/mol. The minimum Gasteiger partial charge on any atom is -0.478 e. The number of rotatable bonds is 18. The third kappa shape index (κ3) is 9.68. The smallest absolute Gasteiger partial charge is 0.328 e. The molecule has 0 unspecified atom stereocenters. The first-order valence-corrected chi connectivity index (χ1v) is 14.7. The average Bonchev–Trinajstić information content (AvgIpc) is 3.43. The van der Waals surface area contributed by atoms with Crippen molar-refractivity contribution in [3.05, 3.63) is 53.9 Å². The monoisotopic (exact) mass is 581 g/mol. The Morgan fingerprint density at radius 1 is 1.10 bits per heavy atom. The highest BCUT2D eigenvalue weighted by Crippen LogP contribution is 2.25. The largest absolute Gasteiger partial charge is 0.478 e. The average molecular weight is 582 g/mol. The number of ether oxygens (including phenoxy) is 3. The van der Waals surface area contributed by atoms with Crippen LogP contribution >= 0.6 is 0 Å². The lowest BCUT2D eigenvalue weighted by Crippen LogP contribution is -2.30. The summed E-state index contributed by atoms with van der Waals surface area (Å²) in [6.07, 6.45) is 11.0. The van der Waals surface area contributed by atoms with Gasteiger partial charge in [0, 0.05) is 62.7 Å². The lowest BCUT2D eigenvalue weighted by Gasteiger charge is -2.28. The molecule has 3 aromatic rings. The standard InChI is InChI=1S/C30H43N7O5/c1-3-25-23-33-37-26(20-27(34-30(25)37)36-12-5-4-6-13-36)31-21-24-9-10-28(32-22-24)42-19-18-41-17-16-40-15-14-35(2)11-7-8-29(38)39/h7-10,20,22-23,31H,3-6,11-19,21H2,1-2H3,(H,38,39)/b8-7+. The van der Waals surface area contributed by atoms with E-state index in [-0.39, 0.29) is 0 Å². The van der Waals surface area contributed by atoms with Crippen LogP contribution in [0, 0.1) is 0 Å². The zero-order valence-electron chi connectivity index (χ0n) is 24.7. The number of carboxylic acids is 1. The molecule has 0 radical (unpaired) electrons. The maximum absolute atomic E-state index is 10.5. The number of anilines is 2. The van der Waals surface area contributed by atoms with Crippen LogP contribution in [-0.4, -0.2) is 102 Å². The van der Waals surface area contributed by atoms with E-state index in [1.807, 2.05) is 41.0 Å². The van der Waals surface area contributed by atoms with Gasteiger partial charge in [0.25, 0.3) is 0 Å². The SMILES string of the molecule is CCc1cnn2c(NCc3ccc(OCCOCCOCCN(C)C/C=C/C(=O)O)nc3)cc(N3CCCCC3)nc12. The fraction of sp³-hybridized carbons (Fsp3) is 0.533. The Balaban J connectivity index is 1.15. The molecule has 0 atom stereocenters. The van der Waals surface area contributed by atoms with Gasteiger partial charge in [-0.3, -0.25) is 0 Å². The third-order valence-corrected chi connectivity index (χ3v) is 7.01. The van der Waals surface area contributed by atoms with Crippen LogP contribution < -0.4 is 15.0 Å². The molecule has 3 aromatic heterocycles. The van der Waals surface area contributed by atoms with Crippen molar-refractivity contribution in [1.82, 2.24) is 24.5 Å². The van der Waals surface area contributed by atoms with E-state index < -0.39 is 5.97 Å². The number of likely N-dealkylation sites (N-methyl/N-ethyl adjacent to an activating group) is 1. The van der Waals surface area contributed by atoms with Crippen LogP contribution in [0.4, 0.5) is 11.6 Å². The highest BCUT2D eigenvalue weighted by molar-refractivity contribution is 5.79. The summed E-state index contributed by atoms with van der Waals surface area (Å²) >= 11 is 0. The summed E-state index contributed by atoms with van der Waals surface area (Å²) in [6.45, 7) is 8.43.